The first-order chi connectivity index (χ1) is 15.1. The monoisotopic (exact) mass is 500 g/mol. The summed E-state index contributed by atoms with van der Waals surface area (Å²) in [6, 6.07) is 0. The molecule has 1 unspecified atom stereocenters. The Morgan fingerprint density at radius 2 is 0.688 bits per heavy atom. The van der Waals surface area contributed by atoms with E-state index in [0.717, 1.165) is 25.7 Å². The summed E-state index contributed by atoms with van der Waals surface area (Å²) in [5.41, 5.74) is 0. The quantitative estimate of drug-likeness (QED) is 0.0816. The largest absolute Gasteiger partial charge is 1.00 e. The van der Waals surface area contributed by atoms with E-state index in [-0.39, 0.29) is 64.6 Å². The molecule has 0 aliphatic heterocycles. The van der Waals surface area contributed by atoms with Gasteiger partial charge in [0.2, 0.25) is 0 Å². The Hall–Kier alpha value is 1.75. The van der Waals surface area contributed by atoms with Crippen LogP contribution in [0.3, 0.4) is 0 Å². The Morgan fingerprint density at radius 3 is 0.938 bits per heavy atom. The molecule has 0 radical (unpaired) electrons. The van der Waals surface area contributed by atoms with E-state index in [9.17, 15) is 9.46 Å². The van der Waals surface area contributed by atoms with Crippen LogP contribution in [0.15, 0.2) is 0 Å². The van der Waals surface area contributed by atoms with E-state index >= 15 is 0 Å². The van der Waals surface area contributed by atoms with Gasteiger partial charge in [-0.25, -0.2) is 0 Å². The number of phosphoric acid groups is 1. The molecule has 0 saturated carbocycles. The molecule has 0 aromatic heterocycles. The van der Waals surface area contributed by atoms with Gasteiger partial charge in [0.05, 0.1) is 13.2 Å². The van der Waals surface area contributed by atoms with Crippen LogP contribution in [0.5, 0.6) is 0 Å². The zero-order valence-corrected chi connectivity index (χ0v) is 26.1. The third-order valence-corrected chi connectivity index (χ3v) is 6.99. The third kappa shape index (κ3) is 29.8. The van der Waals surface area contributed by atoms with E-state index in [0.29, 0.717) is 0 Å². The molecule has 0 aromatic rings. The van der Waals surface area contributed by atoms with Crippen LogP contribution >= 0.6 is 7.82 Å². The van der Waals surface area contributed by atoms with Gasteiger partial charge in [-0.05, 0) is 12.8 Å². The van der Waals surface area contributed by atoms with Gasteiger partial charge in [-0.3, -0.25) is 4.57 Å². The molecule has 0 aliphatic rings. The Balaban J connectivity index is 0. The Labute approximate surface area is 243 Å². The van der Waals surface area contributed by atoms with Gasteiger partial charge in [0, 0.05) is 0 Å². The maximum Gasteiger partial charge on any atom is 1.00 e. The maximum absolute atomic E-state index is 11.8. The van der Waals surface area contributed by atoms with Crippen molar-refractivity contribution in [1.29, 1.82) is 0 Å². The molecule has 0 amide bonds. The van der Waals surface area contributed by atoms with Gasteiger partial charge in [-0.2, -0.15) is 0 Å². The normalized spacial score (nSPS) is 13.1. The molecule has 32 heavy (non-hydrogen) atoms. The average Bonchev–Trinajstić information content (AvgIpc) is 2.75. The van der Waals surface area contributed by atoms with E-state index in [1.807, 2.05) is 0 Å². The summed E-state index contributed by atoms with van der Waals surface area (Å²) in [6.45, 7) is 5.02. The van der Waals surface area contributed by atoms with E-state index < -0.39 is 7.82 Å². The van der Waals surface area contributed by atoms with Crippen molar-refractivity contribution in [1.82, 2.24) is 0 Å². The summed E-state index contributed by atoms with van der Waals surface area (Å²) in [5, 5.41) is 0. The summed E-state index contributed by atoms with van der Waals surface area (Å²) in [4.78, 5) is 11.8. The third-order valence-electron chi connectivity index (χ3n) is 5.99. The number of rotatable bonds is 26. The van der Waals surface area contributed by atoms with Gasteiger partial charge in [-0.1, -0.05) is 142 Å². The minimum atomic E-state index is -4.10. The molecule has 188 valence electrons. The summed E-state index contributed by atoms with van der Waals surface area (Å²) in [5.74, 6) is 0. The zero-order valence-electron chi connectivity index (χ0n) is 22.1. The van der Waals surface area contributed by atoms with Crippen LogP contribution < -0.4 is 56.3 Å². The molecular weight excluding hydrogens is 446 g/mol. The van der Waals surface area contributed by atoms with Crippen LogP contribution in [0.25, 0.3) is 0 Å². The summed E-state index contributed by atoms with van der Waals surface area (Å²) in [7, 11) is -4.10. The van der Waals surface area contributed by atoms with Crippen molar-refractivity contribution in [3.8, 4) is 0 Å². The number of hydrogen-bond acceptors (Lipinski definition) is 4. The van der Waals surface area contributed by atoms with Gasteiger partial charge in [0.15, 0.2) is 0 Å². The van der Waals surface area contributed by atoms with E-state index in [1.165, 1.54) is 116 Å². The SMILES string of the molecule is CCCCCCCCCCCCCCOP(=O)([O-])OCCCCCCCCCCCC.[K+]. The molecule has 0 spiro atoms. The second-order valence-electron chi connectivity index (χ2n) is 9.18. The first-order valence-electron chi connectivity index (χ1n) is 13.7. The van der Waals surface area contributed by atoms with Crippen molar-refractivity contribution in [3.05, 3.63) is 0 Å². The maximum atomic E-state index is 11.8. The number of hydrogen-bond donors (Lipinski definition) is 0. The van der Waals surface area contributed by atoms with Crippen LogP contribution in [0, 0.1) is 0 Å². The van der Waals surface area contributed by atoms with Gasteiger partial charge in [-0.15, -0.1) is 0 Å². The standard InChI is InChI=1S/C26H55O4P.K/c1-3-5-7-9-11-13-15-16-18-20-22-24-26-30-31(27,28)29-25-23-21-19-17-14-12-10-8-6-4-2;/h3-26H2,1-2H3,(H,27,28);/q;+1/p-1. The molecule has 0 rings (SSSR count). The van der Waals surface area contributed by atoms with Crippen molar-refractivity contribution in [2.45, 2.75) is 155 Å². The topological polar surface area (TPSA) is 58.6 Å². The van der Waals surface area contributed by atoms with Crippen LogP contribution in [-0.2, 0) is 13.6 Å². The minimum absolute atomic E-state index is 0. The minimum Gasteiger partial charge on any atom is -0.756 e. The van der Waals surface area contributed by atoms with Gasteiger partial charge >= 0.3 is 51.4 Å². The first kappa shape index (κ1) is 35.9. The molecule has 0 bridgehead atoms. The van der Waals surface area contributed by atoms with Crippen molar-refractivity contribution in [3.63, 3.8) is 0 Å². The predicted molar refractivity (Wildman–Crippen MR) is 132 cm³/mol. The van der Waals surface area contributed by atoms with Gasteiger partial charge < -0.3 is 13.9 Å². The van der Waals surface area contributed by atoms with Crippen molar-refractivity contribution in [2.75, 3.05) is 13.2 Å². The fourth-order valence-corrected chi connectivity index (χ4v) is 4.70. The molecule has 6 heteroatoms. The first-order valence-corrected chi connectivity index (χ1v) is 15.2. The second-order valence-corrected chi connectivity index (χ2v) is 10.6. The van der Waals surface area contributed by atoms with Crippen molar-refractivity contribution in [2.24, 2.45) is 0 Å². The van der Waals surface area contributed by atoms with E-state index in [2.05, 4.69) is 13.8 Å². The molecule has 4 nitrogen and oxygen atoms in total. The summed E-state index contributed by atoms with van der Waals surface area (Å²) >= 11 is 0. The number of unbranched alkanes of at least 4 members (excludes halogenated alkanes) is 20. The molecule has 0 heterocycles. The van der Waals surface area contributed by atoms with Crippen LogP contribution in [-0.4, -0.2) is 13.2 Å². The predicted octanol–water partition coefficient (Wildman–Crippen LogP) is 6.11. The Bertz CT molecular complexity index is 396. The van der Waals surface area contributed by atoms with E-state index in [4.69, 9.17) is 9.05 Å². The van der Waals surface area contributed by atoms with Crippen molar-refractivity contribution >= 4 is 7.82 Å². The van der Waals surface area contributed by atoms with Crippen LogP contribution in [0.4, 0.5) is 0 Å². The smallest absolute Gasteiger partial charge is 0.756 e. The fourth-order valence-electron chi connectivity index (χ4n) is 3.92. The van der Waals surface area contributed by atoms with Gasteiger partial charge in [0.1, 0.15) is 0 Å². The Morgan fingerprint density at radius 1 is 0.469 bits per heavy atom. The van der Waals surface area contributed by atoms with Crippen LogP contribution in [0.1, 0.15) is 155 Å². The molecule has 1 atom stereocenters. The summed E-state index contributed by atoms with van der Waals surface area (Å²) in [6.07, 6.45) is 27.4. The average molecular weight is 501 g/mol. The van der Waals surface area contributed by atoms with Gasteiger partial charge in [0.25, 0.3) is 7.82 Å². The second kappa shape index (κ2) is 29.0. The van der Waals surface area contributed by atoms with E-state index in [1.54, 1.807) is 0 Å². The summed E-state index contributed by atoms with van der Waals surface area (Å²) < 4.78 is 21.8. The molecule has 0 aliphatic carbocycles. The molecule has 0 saturated heterocycles. The molecule has 0 fully saturated rings. The molecule has 0 N–H and O–H groups in total. The Kier molecular flexibility index (Phi) is 32.5. The van der Waals surface area contributed by atoms with Crippen molar-refractivity contribution < 1.29 is 69.9 Å². The fraction of sp³-hybridized carbons (Fsp3) is 1.00. The van der Waals surface area contributed by atoms with Crippen LogP contribution in [0.2, 0.25) is 0 Å². The zero-order chi connectivity index (χ0) is 22.9. The molecule has 0 aromatic carbocycles. The number of phosphoric ester groups is 1. The molecular formula is C26H54KO4P.